The monoisotopic (exact) mass is 395 g/mol. The molecule has 0 amide bonds. The Hall–Kier alpha value is -2.49. The lowest BCUT2D eigenvalue weighted by atomic mass is 10.3. The number of para-hydroxylation sites is 1. The molecule has 0 N–H and O–H groups in total. The third kappa shape index (κ3) is 4.82. The minimum atomic E-state index is -3.61. The predicted octanol–water partition coefficient (Wildman–Crippen LogP) is 1.83. The number of morpholine rings is 1. The zero-order valence-corrected chi connectivity index (χ0v) is 15.2. The Balaban J connectivity index is 1.58. The molecule has 1 heterocycles. The fourth-order valence-electron chi connectivity index (χ4n) is 2.48. The fraction of sp³-hybridized carbons (Fsp3) is 0.278. The standard InChI is InChI=1S/C18H18FNO6S/c19-16-3-1-2-4-17(16)25-13-18(21)26-14-5-7-15(8-6-14)27(22,23)20-9-11-24-12-10-20/h1-8H,9-13H2. The van der Waals surface area contributed by atoms with Crippen molar-refractivity contribution in [2.24, 2.45) is 0 Å². The molecule has 0 atom stereocenters. The molecule has 0 saturated carbocycles. The first-order chi connectivity index (χ1) is 13.0. The topological polar surface area (TPSA) is 82.1 Å². The molecule has 2 aromatic carbocycles. The highest BCUT2D eigenvalue weighted by atomic mass is 32.2. The van der Waals surface area contributed by atoms with Crippen molar-refractivity contribution in [2.45, 2.75) is 4.90 Å². The van der Waals surface area contributed by atoms with Crippen molar-refractivity contribution in [3.63, 3.8) is 0 Å². The van der Waals surface area contributed by atoms with Gasteiger partial charge in [0.15, 0.2) is 18.2 Å². The minimum Gasteiger partial charge on any atom is -0.479 e. The molecule has 1 aliphatic heterocycles. The molecular weight excluding hydrogens is 377 g/mol. The van der Waals surface area contributed by atoms with E-state index in [1.807, 2.05) is 0 Å². The molecule has 1 fully saturated rings. The molecule has 0 aromatic heterocycles. The first-order valence-corrected chi connectivity index (χ1v) is 9.67. The van der Waals surface area contributed by atoms with E-state index in [1.54, 1.807) is 6.07 Å². The summed E-state index contributed by atoms with van der Waals surface area (Å²) in [6.45, 7) is 0.835. The molecule has 27 heavy (non-hydrogen) atoms. The average Bonchev–Trinajstić information content (AvgIpc) is 2.68. The number of rotatable bonds is 6. The van der Waals surface area contributed by atoms with Crippen LogP contribution in [0.15, 0.2) is 53.4 Å². The Morgan fingerprint density at radius 2 is 1.74 bits per heavy atom. The minimum absolute atomic E-state index is 0.0543. The van der Waals surface area contributed by atoms with E-state index in [-0.39, 0.29) is 16.4 Å². The van der Waals surface area contributed by atoms with E-state index in [0.29, 0.717) is 26.3 Å². The van der Waals surface area contributed by atoms with Crippen LogP contribution in [-0.4, -0.2) is 51.6 Å². The van der Waals surface area contributed by atoms with Gasteiger partial charge in [0.1, 0.15) is 5.75 Å². The molecule has 0 bridgehead atoms. The van der Waals surface area contributed by atoms with Gasteiger partial charge in [-0.15, -0.1) is 0 Å². The highest BCUT2D eigenvalue weighted by molar-refractivity contribution is 7.89. The fourth-order valence-corrected chi connectivity index (χ4v) is 3.88. The summed E-state index contributed by atoms with van der Waals surface area (Å²) in [4.78, 5) is 11.9. The zero-order chi connectivity index (χ0) is 19.3. The molecule has 0 radical (unpaired) electrons. The Labute approximate surface area is 156 Å². The first kappa shape index (κ1) is 19.3. The third-order valence-corrected chi connectivity index (χ3v) is 5.76. The summed E-state index contributed by atoms with van der Waals surface area (Å²) >= 11 is 0. The maximum absolute atomic E-state index is 13.4. The van der Waals surface area contributed by atoms with Crippen LogP contribution in [0, 0.1) is 5.82 Å². The van der Waals surface area contributed by atoms with Crippen molar-refractivity contribution in [3.8, 4) is 11.5 Å². The Morgan fingerprint density at radius 1 is 1.07 bits per heavy atom. The maximum Gasteiger partial charge on any atom is 0.349 e. The van der Waals surface area contributed by atoms with Crippen LogP contribution in [0.5, 0.6) is 11.5 Å². The average molecular weight is 395 g/mol. The van der Waals surface area contributed by atoms with Crippen molar-refractivity contribution in [1.82, 2.24) is 4.31 Å². The molecule has 1 aliphatic rings. The van der Waals surface area contributed by atoms with Crippen LogP contribution >= 0.6 is 0 Å². The van der Waals surface area contributed by atoms with E-state index < -0.39 is 28.4 Å². The number of sulfonamides is 1. The molecule has 0 unspecified atom stereocenters. The van der Waals surface area contributed by atoms with Gasteiger partial charge in [0.05, 0.1) is 18.1 Å². The van der Waals surface area contributed by atoms with Crippen molar-refractivity contribution in [1.29, 1.82) is 0 Å². The zero-order valence-electron chi connectivity index (χ0n) is 14.3. The van der Waals surface area contributed by atoms with Crippen molar-refractivity contribution < 1.29 is 31.8 Å². The second-order valence-corrected chi connectivity index (χ2v) is 7.62. The van der Waals surface area contributed by atoms with Crippen LogP contribution in [0.2, 0.25) is 0 Å². The van der Waals surface area contributed by atoms with Gasteiger partial charge in [0.2, 0.25) is 10.0 Å². The Bertz CT molecular complexity index is 894. The van der Waals surface area contributed by atoms with E-state index in [0.717, 1.165) is 0 Å². The normalized spacial score (nSPS) is 15.3. The lowest BCUT2D eigenvalue weighted by Gasteiger charge is -2.26. The molecule has 9 heteroatoms. The van der Waals surface area contributed by atoms with Crippen molar-refractivity contribution >= 4 is 16.0 Å². The molecule has 0 aliphatic carbocycles. The summed E-state index contributed by atoms with van der Waals surface area (Å²) in [5.41, 5.74) is 0. The van der Waals surface area contributed by atoms with Crippen LogP contribution < -0.4 is 9.47 Å². The van der Waals surface area contributed by atoms with Crippen LogP contribution in [0.4, 0.5) is 4.39 Å². The van der Waals surface area contributed by atoms with Gasteiger partial charge in [-0.1, -0.05) is 12.1 Å². The summed E-state index contributed by atoms with van der Waals surface area (Å²) in [6.07, 6.45) is 0. The lowest BCUT2D eigenvalue weighted by Crippen LogP contribution is -2.40. The molecule has 0 spiro atoms. The third-order valence-electron chi connectivity index (χ3n) is 3.85. The van der Waals surface area contributed by atoms with Gasteiger partial charge >= 0.3 is 5.97 Å². The predicted molar refractivity (Wildman–Crippen MR) is 93.5 cm³/mol. The second-order valence-electron chi connectivity index (χ2n) is 5.68. The van der Waals surface area contributed by atoms with Gasteiger partial charge in [-0.25, -0.2) is 17.6 Å². The lowest BCUT2D eigenvalue weighted by molar-refractivity contribution is -0.136. The van der Waals surface area contributed by atoms with Gasteiger partial charge in [-0.05, 0) is 36.4 Å². The first-order valence-electron chi connectivity index (χ1n) is 8.23. The molecule has 144 valence electrons. The van der Waals surface area contributed by atoms with Gasteiger partial charge in [0.25, 0.3) is 0 Å². The molecule has 3 rings (SSSR count). The van der Waals surface area contributed by atoms with Crippen molar-refractivity contribution in [3.05, 3.63) is 54.3 Å². The number of nitrogens with zero attached hydrogens (tertiary/aromatic N) is 1. The van der Waals surface area contributed by atoms with Crippen LogP contribution in [-0.2, 0) is 19.6 Å². The summed E-state index contributed by atoms with van der Waals surface area (Å²) in [7, 11) is -3.61. The van der Waals surface area contributed by atoms with Crippen LogP contribution in [0.1, 0.15) is 0 Å². The summed E-state index contributed by atoms with van der Waals surface area (Å²) in [5.74, 6) is -1.20. The quantitative estimate of drug-likeness (QED) is 0.548. The number of ether oxygens (including phenoxy) is 3. The highest BCUT2D eigenvalue weighted by Gasteiger charge is 2.26. The van der Waals surface area contributed by atoms with E-state index in [2.05, 4.69) is 0 Å². The Kier molecular flexibility index (Phi) is 6.04. The number of carbonyl (C=O) groups excluding carboxylic acids is 1. The summed E-state index contributed by atoms with van der Waals surface area (Å²) < 4.78 is 55.1. The van der Waals surface area contributed by atoms with E-state index >= 15 is 0 Å². The van der Waals surface area contributed by atoms with Gasteiger partial charge in [-0.3, -0.25) is 0 Å². The molecular formula is C18H18FNO6S. The van der Waals surface area contributed by atoms with Crippen molar-refractivity contribution in [2.75, 3.05) is 32.9 Å². The number of carbonyl (C=O) groups is 1. The van der Waals surface area contributed by atoms with Crippen LogP contribution in [0.25, 0.3) is 0 Å². The largest absolute Gasteiger partial charge is 0.479 e. The maximum atomic E-state index is 13.4. The number of hydrogen-bond acceptors (Lipinski definition) is 6. The summed E-state index contributed by atoms with van der Waals surface area (Å²) in [5, 5.41) is 0. The van der Waals surface area contributed by atoms with Gasteiger partial charge < -0.3 is 14.2 Å². The molecule has 1 saturated heterocycles. The number of hydrogen-bond donors (Lipinski definition) is 0. The Morgan fingerprint density at radius 3 is 2.41 bits per heavy atom. The summed E-state index contributed by atoms with van der Waals surface area (Å²) in [6, 6.07) is 11.2. The second kappa shape index (κ2) is 8.47. The van der Waals surface area contributed by atoms with E-state index in [1.165, 1.54) is 46.8 Å². The molecule has 2 aromatic rings. The van der Waals surface area contributed by atoms with E-state index in [9.17, 15) is 17.6 Å². The van der Waals surface area contributed by atoms with Crippen LogP contribution in [0.3, 0.4) is 0 Å². The smallest absolute Gasteiger partial charge is 0.349 e. The number of esters is 1. The van der Waals surface area contributed by atoms with E-state index in [4.69, 9.17) is 14.2 Å². The SMILES string of the molecule is O=C(COc1ccccc1F)Oc1ccc(S(=O)(=O)N2CCOCC2)cc1. The molecule has 7 nitrogen and oxygen atoms in total. The van der Waals surface area contributed by atoms with Gasteiger partial charge in [-0.2, -0.15) is 4.31 Å². The number of benzene rings is 2. The number of halogens is 1. The highest BCUT2D eigenvalue weighted by Crippen LogP contribution is 2.21. The van der Waals surface area contributed by atoms with Gasteiger partial charge in [0, 0.05) is 13.1 Å².